The van der Waals surface area contributed by atoms with E-state index < -0.39 is 0 Å². The minimum atomic E-state index is 0.462. The summed E-state index contributed by atoms with van der Waals surface area (Å²) in [4.78, 5) is 4.03. The molecule has 0 atom stereocenters. The summed E-state index contributed by atoms with van der Waals surface area (Å²) >= 11 is 0. The first-order chi connectivity index (χ1) is 4.43. The molecule has 1 heterocycles. The van der Waals surface area contributed by atoms with E-state index in [0.29, 0.717) is 12.5 Å². The van der Waals surface area contributed by atoms with E-state index in [-0.39, 0.29) is 0 Å². The van der Waals surface area contributed by atoms with Crippen LogP contribution >= 0.6 is 0 Å². The quantitative estimate of drug-likeness (QED) is 0.448. The fraction of sp³-hybridized carbons (Fsp3) is 1.00. The van der Waals surface area contributed by atoms with Crippen LogP contribution in [0.5, 0.6) is 0 Å². The molecule has 0 bridgehead atoms. The molecule has 9 heavy (non-hydrogen) atoms. The van der Waals surface area contributed by atoms with Crippen LogP contribution in [-0.2, 0) is 9.62 Å². The molecule has 1 saturated heterocycles. The van der Waals surface area contributed by atoms with Crippen molar-refractivity contribution in [2.75, 3.05) is 19.8 Å². The molecule has 1 aliphatic heterocycles. The third-order valence-corrected chi connectivity index (χ3v) is 1.65. The molecule has 54 valence electrons. The average Bonchev–Trinajstić information content (AvgIpc) is 1.91. The summed E-state index contributed by atoms with van der Waals surface area (Å²) in [5.41, 5.74) is 0. The smallest absolute Gasteiger partial charge is 0.0849 e. The van der Waals surface area contributed by atoms with Gasteiger partial charge in [-0.2, -0.15) is 0 Å². The third kappa shape index (κ3) is 2.30. The van der Waals surface area contributed by atoms with E-state index in [0.717, 1.165) is 26.1 Å². The minimum absolute atomic E-state index is 0.462. The molecule has 0 aromatic carbocycles. The second-order valence-corrected chi connectivity index (χ2v) is 2.35. The monoisotopic (exact) mass is 132 g/mol. The van der Waals surface area contributed by atoms with Crippen molar-refractivity contribution in [3.8, 4) is 0 Å². The van der Waals surface area contributed by atoms with Gasteiger partial charge < -0.3 is 4.74 Å². The molecule has 0 spiro atoms. The lowest BCUT2D eigenvalue weighted by atomic mass is 10.0. The molecular weight excluding hydrogens is 120 g/mol. The summed E-state index contributed by atoms with van der Waals surface area (Å²) in [7, 11) is 0. The van der Waals surface area contributed by atoms with E-state index in [4.69, 9.17) is 9.99 Å². The molecule has 0 unspecified atom stereocenters. The Balaban J connectivity index is 2.08. The van der Waals surface area contributed by atoms with Crippen LogP contribution in [0.15, 0.2) is 0 Å². The van der Waals surface area contributed by atoms with E-state index in [1.807, 2.05) is 0 Å². The summed E-state index contributed by atoms with van der Waals surface area (Å²) in [5.74, 6) is 0.503. The van der Waals surface area contributed by atoms with Crippen LogP contribution in [0, 0.1) is 5.92 Å². The number of rotatable bonds is 2. The van der Waals surface area contributed by atoms with Gasteiger partial charge in [0.05, 0.1) is 6.61 Å². The van der Waals surface area contributed by atoms with Crippen LogP contribution in [0.1, 0.15) is 12.8 Å². The maximum Gasteiger partial charge on any atom is 0.0849 e. The Hall–Kier alpha value is -0.120. The Bertz CT molecular complexity index is 65.9. The highest BCUT2D eigenvalue weighted by atomic mass is 17.1. The van der Waals surface area contributed by atoms with Gasteiger partial charge in [-0.25, -0.2) is 4.89 Å². The van der Waals surface area contributed by atoms with Gasteiger partial charge in [0.25, 0.3) is 0 Å². The standard InChI is InChI=1S/C6H12O3/c7-9-5-6-1-3-8-4-2-6/h6-7H,1-5H2. The largest absolute Gasteiger partial charge is 0.381 e. The Morgan fingerprint density at radius 2 is 2.11 bits per heavy atom. The van der Waals surface area contributed by atoms with Crippen LogP contribution in [-0.4, -0.2) is 25.1 Å². The molecule has 1 N–H and O–H groups in total. The summed E-state index contributed by atoms with van der Waals surface area (Å²) in [5, 5.41) is 8.08. The van der Waals surface area contributed by atoms with Crippen molar-refractivity contribution in [2.24, 2.45) is 5.92 Å². The molecule has 0 radical (unpaired) electrons. The predicted octanol–water partition coefficient (Wildman–Crippen LogP) is 0.903. The Kier molecular flexibility index (Phi) is 2.97. The lowest BCUT2D eigenvalue weighted by Gasteiger charge is -2.19. The molecule has 1 rings (SSSR count). The second kappa shape index (κ2) is 3.82. The summed E-state index contributed by atoms with van der Waals surface area (Å²) in [6, 6.07) is 0. The zero-order valence-electron chi connectivity index (χ0n) is 5.38. The summed E-state index contributed by atoms with van der Waals surface area (Å²) < 4.78 is 5.11. The van der Waals surface area contributed by atoms with Gasteiger partial charge in [-0.05, 0) is 18.8 Å². The van der Waals surface area contributed by atoms with Crippen molar-refractivity contribution in [1.29, 1.82) is 0 Å². The van der Waals surface area contributed by atoms with Gasteiger partial charge in [0.1, 0.15) is 0 Å². The summed E-state index contributed by atoms with van der Waals surface area (Å²) in [6.07, 6.45) is 2.03. The predicted molar refractivity (Wildman–Crippen MR) is 32.1 cm³/mol. The molecule has 0 saturated carbocycles. The molecule has 0 amide bonds. The molecule has 1 aliphatic rings. The highest BCUT2D eigenvalue weighted by molar-refractivity contribution is 4.61. The SMILES string of the molecule is OOCC1CCOCC1. The van der Waals surface area contributed by atoms with Crippen molar-refractivity contribution in [3.63, 3.8) is 0 Å². The van der Waals surface area contributed by atoms with E-state index in [2.05, 4.69) is 4.89 Å². The third-order valence-electron chi connectivity index (χ3n) is 1.65. The van der Waals surface area contributed by atoms with E-state index in [1.54, 1.807) is 0 Å². The first-order valence-electron chi connectivity index (χ1n) is 3.27. The Morgan fingerprint density at radius 3 is 2.67 bits per heavy atom. The lowest BCUT2D eigenvalue weighted by molar-refractivity contribution is -0.254. The fourth-order valence-electron chi connectivity index (χ4n) is 1.02. The van der Waals surface area contributed by atoms with Crippen LogP contribution in [0.3, 0.4) is 0 Å². The van der Waals surface area contributed by atoms with Gasteiger partial charge in [-0.1, -0.05) is 0 Å². The van der Waals surface area contributed by atoms with Gasteiger partial charge in [-0.15, -0.1) is 0 Å². The Labute approximate surface area is 54.5 Å². The number of hydrogen-bond acceptors (Lipinski definition) is 3. The zero-order valence-corrected chi connectivity index (χ0v) is 5.38. The Morgan fingerprint density at radius 1 is 1.44 bits per heavy atom. The van der Waals surface area contributed by atoms with Crippen LogP contribution < -0.4 is 0 Å². The molecule has 3 heteroatoms. The first-order valence-corrected chi connectivity index (χ1v) is 3.27. The van der Waals surface area contributed by atoms with Gasteiger partial charge in [0.2, 0.25) is 0 Å². The first kappa shape index (κ1) is 6.99. The van der Waals surface area contributed by atoms with Crippen molar-refractivity contribution >= 4 is 0 Å². The highest BCUT2D eigenvalue weighted by Crippen LogP contribution is 2.13. The van der Waals surface area contributed by atoms with Crippen molar-refractivity contribution in [2.45, 2.75) is 12.8 Å². The highest BCUT2D eigenvalue weighted by Gasteiger charge is 2.12. The normalized spacial score (nSPS) is 22.3. The molecule has 0 aromatic rings. The maximum absolute atomic E-state index is 8.08. The topological polar surface area (TPSA) is 38.7 Å². The fourth-order valence-corrected chi connectivity index (χ4v) is 1.02. The van der Waals surface area contributed by atoms with E-state index >= 15 is 0 Å². The average molecular weight is 132 g/mol. The maximum atomic E-state index is 8.08. The van der Waals surface area contributed by atoms with Crippen LogP contribution in [0.25, 0.3) is 0 Å². The van der Waals surface area contributed by atoms with Crippen molar-refractivity contribution in [3.05, 3.63) is 0 Å². The van der Waals surface area contributed by atoms with E-state index in [9.17, 15) is 0 Å². The van der Waals surface area contributed by atoms with Gasteiger partial charge >= 0.3 is 0 Å². The van der Waals surface area contributed by atoms with E-state index in [1.165, 1.54) is 0 Å². The minimum Gasteiger partial charge on any atom is -0.381 e. The van der Waals surface area contributed by atoms with Gasteiger partial charge in [0.15, 0.2) is 0 Å². The summed E-state index contributed by atoms with van der Waals surface area (Å²) in [6.45, 7) is 2.09. The van der Waals surface area contributed by atoms with Crippen LogP contribution in [0.4, 0.5) is 0 Å². The molecular formula is C6H12O3. The lowest BCUT2D eigenvalue weighted by Crippen LogP contribution is -2.19. The number of ether oxygens (including phenoxy) is 1. The van der Waals surface area contributed by atoms with Gasteiger partial charge in [-0.3, -0.25) is 5.26 Å². The van der Waals surface area contributed by atoms with Gasteiger partial charge in [0, 0.05) is 13.2 Å². The number of hydrogen-bond donors (Lipinski definition) is 1. The van der Waals surface area contributed by atoms with Crippen molar-refractivity contribution in [1.82, 2.24) is 0 Å². The molecule has 0 aromatic heterocycles. The second-order valence-electron chi connectivity index (χ2n) is 2.35. The molecule has 3 nitrogen and oxygen atoms in total. The molecule has 0 aliphatic carbocycles. The molecule has 1 fully saturated rings. The van der Waals surface area contributed by atoms with Crippen LogP contribution in [0.2, 0.25) is 0 Å². The van der Waals surface area contributed by atoms with Crippen molar-refractivity contribution < 1.29 is 14.9 Å². The zero-order chi connectivity index (χ0) is 6.53.